The van der Waals surface area contributed by atoms with Crippen molar-refractivity contribution in [2.75, 3.05) is 13.1 Å². The molecule has 6 rings (SSSR count). The standard InChI is InChI=1S/C36H51N3O4/c1-31(2)13-15-36(38-30(43)39-17-10-22(40)11-18-39)16-14-35(7)28(23(36)20-31)25(41)19-27-33(5)21-24(37-8)29(42)32(3,4)26(33)9-12-34(27,35)6/h19,21-23,26,28,40H,9-18,20H2,1-7H3,(H,38,43)/t23-,26-,28-,33-,34+,35+,36-/m0/s1. The average Bonchev–Trinajstić information content (AvgIpc) is 2.93. The molecule has 7 heteroatoms. The molecule has 7 nitrogen and oxygen atoms in total. The number of likely N-dealkylation sites (tertiary alicyclic amines) is 1. The second-order valence-corrected chi connectivity index (χ2v) is 17.0. The number of hydrogen-bond donors (Lipinski definition) is 2. The highest BCUT2D eigenvalue weighted by atomic mass is 16.3. The molecule has 1 saturated heterocycles. The lowest BCUT2D eigenvalue weighted by molar-refractivity contribution is -0.160. The summed E-state index contributed by atoms with van der Waals surface area (Å²) < 4.78 is 0. The SMILES string of the molecule is [C-]#[N+]C1=C[C@]2(C)C3=CC(=O)[C@@H]4[C@@H]5CC(C)(C)CC[C@]5(NC(=O)N5CCC(O)CC5)CC[C@@]4(C)[C@]3(C)CC[C@H]2C(C)(C)C1=O. The van der Waals surface area contributed by atoms with E-state index in [4.69, 9.17) is 6.57 Å². The Kier molecular flexibility index (Phi) is 6.77. The molecule has 7 atom stereocenters. The van der Waals surface area contributed by atoms with Gasteiger partial charge in [0.2, 0.25) is 5.70 Å². The van der Waals surface area contributed by atoms with Gasteiger partial charge in [0, 0.05) is 35.4 Å². The predicted molar refractivity (Wildman–Crippen MR) is 166 cm³/mol. The number of nitrogens with zero attached hydrogens (tertiary/aromatic N) is 2. The van der Waals surface area contributed by atoms with Crippen molar-refractivity contribution in [2.45, 2.75) is 118 Å². The number of rotatable bonds is 1. The summed E-state index contributed by atoms with van der Waals surface area (Å²) in [6.45, 7) is 24.4. The van der Waals surface area contributed by atoms with E-state index < -0.39 is 16.4 Å². The van der Waals surface area contributed by atoms with Gasteiger partial charge < -0.3 is 20.1 Å². The number of aliphatic hydroxyl groups excluding tert-OH is 1. The molecule has 0 aromatic heterocycles. The fourth-order valence-electron chi connectivity index (χ4n) is 11.2. The van der Waals surface area contributed by atoms with Gasteiger partial charge in [0.25, 0.3) is 0 Å². The number of ketones is 2. The fourth-order valence-corrected chi connectivity index (χ4v) is 11.2. The van der Waals surface area contributed by atoms with Crippen LogP contribution < -0.4 is 5.32 Å². The molecule has 3 saturated carbocycles. The zero-order chi connectivity index (χ0) is 31.4. The van der Waals surface area contributed by atoms with Crippen molar-refractivity contribution >= 4 is 17.6 Å². The minimum absolute atomic E-state index is 0.0284. The molecule has 2 amide bonds. The van der Waals surface area contributed by atoms with E-state index >= 15 is 0 Å². The van der Waals surface area contributed by atoms with E-state index in [1.165, 1.54) is 0 Å². The molecule has 0 radical (unpaired) electrons. The summed E-state index contributed by atoms with van der Waals surface area (Å²) in [5.74, 6) is -0.0666. The van der Waals surface area contributed by atoms with Crippen LogP contribution in [0.5, 0.6) is 0 Å². The largest absolute Gasteiger partial charge is 0.393 e. The molecule has 0 bridgehead atoms. The van der Waals surface area contributed by atoms with Gasteiger partial charge in [-0.3, -0.25) is 4.79 Å². The maximum Gasteiger partial charge on any atom is 0.317 e. The Morgan fingerprint density at radius 3 is 2.28 bits per heavy atom. The molecule has 1 heterocycles. The first kappa shape index (κ1) is 30.6. The second-order valence-electron chi connectivity index (χ2n) is 17.0. The third-order valence-electron chi connectivity index (χ3n) is 13.9. The van der Waals surface area contributed by atoms with Gasteiger partial charge in [-0.1, -0.05) is 60.1 Å². The molecular formula is C36H51N3O4. The van der Waals surface area contributed by atoms with Gasteiger partial charge >= 0.3 is 6.03 Å². The summed E-state index contributed by atoms with van der Waals surface area (Å²) in [5, 5.41) is 13.6. The number of Topliss-reactive ketones (excluding diaryl/α,β-unsaturated/α-hetero) is 1. The molecule has 43 heavy (non-hydrogen) atoms. The molecule has 1 aliphatic heterocycles. The van der Waals surface area contributed by atoms with Gasteiger partial charge in [0.05, 0.1) is 12.7 Å². The van der Waals surface area contributed by atoms with Crippen LogP contribution in [0.1, 0.15) is 106 Å². The number of piperidine rings is 1. The van der Waals surface area contributed by atoms with Crippen molar-refractivity contribution in [3.63, 3.8) is 0 Å². The fraction of sp³-hybridized carbons (Fsp3) is 0.778. The smallest absolute Gasteiger partial charge is 0.317 e. The van der Waals surface area contributed by atoms with Gasteiger partial charge in [0.1, 0.15) is 0 Å². The number of allylic oxidation sites excluding steroid dienone is 4. The van der Waals surface area contributed by atoms with Crippen LogP contribution in [0, 0.1) is 51.4 Å². The van der Waals surface area contributed by atoms with Crippen LogP contribution >= 0.6 is 0 Å². The van der Waals surface area contributed by atoms with Crippen LogP contribution in [0.15, 0.2) is 23.4 Å². The molecule has 2 N–H and O–H groups in total. The van der Waals surface area contributed by atoms with Crippen LogP contribution in [0.2, 0.25) is 0 Å². The molecule has 6 aliphatic rings. The third kappa shape index (κ3) is 4.17. The molecule has 0 spiro atoms. The number of hydrogen-bond acceptors (Lipinski definition) is 4. The van der Waals surface area contributed by atoms with Crippen molar-refractivity contribution in [1.29, 1.82) is 0 Å². The number of urea groups is 1. The Morgan fingerprint density at radius 2 is 1.63 bits per heavy atom. The lowest BCUT2D eigenvalue weighted by atomic mass is 9.35. The monoisotopic (exact) mass is 589 g/mol. The topological polar surface area (TPSA) is 91.1 Å². The average molecular weight is 590 g/mol. The first-order valence-electron chi connectivity index (χ1n) is 16.6. The van der Waals surface area contributed by atoms with E-state index in [-0.39, 0.29) is 63.4 Å². The Morgan fingerprint density at radius 1 is 0.977 bits per heavy atom. The summed E-state index contributed by atoms with van der Waals surface area (Å²) in [6.07, 6.45) is 10.9. The third-order valence-corrected chi connectivity index (χ3v) is 13.9. The van der Waals surface area contributed by atoms with Gasteiger partial charge in [-0.25, -0.2) is 9.64 Å². The van der Waals surface area contributed by atoms with Gasteiger partial charge in [-0.05, 0) is 91.9 Å². The van der Waals surface area contributed by atoms with Crippen molar-refractivity contribution in [2.24, 2.45) is 44.8 Å². The molecule has 0 aromatic rings. The summed E-state index contributed by atoms with van der Waals surface area (Å²) in [6, 6.07) is -0.0511. The highest BCUT2D eigenvalue weighted by Gasteiger charge is 2.70. The Bertz CT molecular complexity index is 1360. The first-order chi connectivity index (χ1) is 19.9. The number of aliphatic hydroxyl groups is 1. The normalized spacial score (nSPS) is 43.6. The van der Waals surface area contributed by atoms with E-state index in [1.54, 1.807) is 0 Å². The van der Waals surface area contributed by atoms with Crippen LogP contribution in [0.3, 0.4) is 0 Å². The summed E-state index contributed by atoms with van der Waals surface area (Å²) in [5.41, 5.74) is -0.820. The van der Waals surface area contributed by atoms with E-state index in [1.807, 2.05) is 30.9 Å². The predicted octanol–water partition coefficient (Wildman–Crippen LogP) is 6.48. The second kappa shape index (κ2) is 9.52. The Labute approximate surface area is 257 Å². The maximum absolute atomic E-state index is 14.7. The molecule has 0 unspecified atom stereocenters. The quantitative estimate of drug-likeness (QED) is 0.343. The zero-order valence-corrected chi connectivity index (χ0v) is 27.3. The van der Waals surface area contributed by atoms with Crippen molar-refractivity contribution in [1.82, 2.24) is 10.2 Å². The molecular weight excluding hydrogens is 538 g/mol. The Balaban J connectivity index is 1.43. The van der Waals surface area contributed by atoms with Crippen molar-refractivity contribution in [3.05, 3.63) is 34.8 Å². The minimum atomic E-state index is -0.670. The van der Waals surface area contributed by atoms with Gasteiger partial charge in [-0.2, -0.15) is 0 Å². The lowest BCUT2D eigenvalue weighted by Gasteiger charge is -2.69. The van der Waals surface area contributed by atoms with E-state index in [0.717, 1.165) is 50.5 Å². The van der Waals surface area contributed by atoms with Crippen LogP contribution in [-0.4, -0.2) is 52.3 Å². The number of carbonyl (C=O) groups excluding carboxylic acids is 3. The summed E-state index contributed by atoms with van der Waals surface area (Å²) in [7, 11) is 0. The lowest BCUT2D eigenvalue weighted by Crippen LogP contribution is -2.70. The van der Waals surface area contributed by atoms with Crippen LogP contribution in [0.4, 0.5) is 4.79 Å². The van der Waals surface area contributed by atoms with Crippen LogP contribution in [-0.2, 0) is 9.59 Å². The number of carbonyl (C=O) groups is 3. The Hall–Kier alpha value is -2.46. The number of nitrogens with one attached hydrogen (secondary N) is 1. The van der Waals surface area contributed by atoms with Gasteiger partial charge in [0.15, 0.2) is 11.6 Å². The van der Waals surface area contributed by atoms with Crippen molar-refractivity contribution in [3.8, 4) is 0 Å². The number of amides is 2. The highest BCUT2D eigenvalue weighted by molar-refractivity contribution is 6.03. The van der Waals surface area contributed by atoms with Crippen molar-refractivity contribution < 1.29 is 19.5 Å². The van der Waals surface area contributed by atoms with Gasteiger partial charge in [-0.15, -0.1) is 0 Å². The van der Waals surface area contributed by atoms with E-state index in [0.29, 0.717) is 25.9 Å². The number of fused-ring (bicyclic) bond motifs is 7. The molecule has 234 valence electrons. The van der Waals surface area contributed by atoms with E-state index in [9.17, 15) is 19.5 Å². The van der Waals surface area contributed by atoms with Crippen LogP contribution in [0.25, 0.3) is 4.85 Å². The molecule has 5 aliphatic carbocycles. The molecule has 0 aromatic carbocycles. The molecule has 4 fully saturated rings. The summed E-state index contributed by atoms with van der Waals surface area (Å²) >= 11 is 0. The highest BCUT2D eigenvalue weighted by Crippen LogP contribution is 2.73. The first-order valence-corrected chi connectivity index (χ1v) is 16.6. The van der Waals surface area contributed by atoms with E-state index in [2.05, 4.69) is 44.8 Å². The minimum Gasteiger partial charge on any atom is -0.393 e. The zero-order valence-electron chi connectivity index (χ0n) is 27.3. The summed E-state index contributed by atoms with van der Waals surface area (Å²) in [4.78, 5) is 47.3. The maximum atomic E-state index is 14.7.